The zero-order valence-corrected chi connectivity index (χ0v) is 17.0. The molecule has 4 heteroatoms. The van der Waals surface area contributed by atoms with E-state index in [1.165, 1.54) is 22.0 Å². The summed E-state index contributed by atoms with van der Waals surface area (Å²) in [5.41, 5.74) is 4.79. The molecule has 25 heavy (non-hydrogen) atoms. The minimum Gasteiger partial charge on any atom is -0.467 e. The number of aryl methyl sites for hydroxylation is 2. The molecule has 0 fully saturated rings. The van der Waals surface area contributed by atoms with E-state index in [1.807, 2.05) is 13.3 Å². The van der Waals surface area contributed by atoms with E-state index in [9.17, 15) is 0 Å². The molecule has 2 aromatic rings. The number of benzene rings is 2. The molecule has 0 aliphatic heterocycles. The molecule has 0 amide bonds. The van der Waals surface area contributed by atoms with Gasteiger partial charge in [0.1, 0.15) is 5.75 Å². The summed E-state index contributed by atoms with van der Waals surface area (Å²) in [6.07, 6.45) is 1.95. The van der Waals surface area contributed by atoms with E-state index in [4.69, 9.17) is 9.47 Å². The van der Waals surface area contributed by atoms with Crippen molar-refractivity contribution in [1.82, 2.24) is 0 Å². The zero-order chi connectivity index (χ0) is 18.4. The van der Waals surface area contributed by atoms with Crippen molar-refractivity contribution in [3.05, 3.63) is 58.7 Å². The molecule has 0 N–H and O–H groups in total. The summed E-state index contributed by atoms with van der Waals surface area (Å²) in [6.45, 7) is 8.99. The number of hydrogen-bond acceptors (Lipinski definition) is 3. The van der Waals surface area contributed by atoms with Gasteiger partial charge in [-0.2, -0.15) is 0 Å². The van der Waals surface area contributed by atoms with Gasteiger partial charge in [-0.25, -0.2) is 0 Å². The predicted molar refractivity (Wildman–Crippen MR) is 109 cm³/mol. The van der Waals surface area contributed by atoms with Gasteiger partial charge < -0.3 is 9.47 Å². The van der Waals surface area contributed by atoms with Crippen LogP contribution in [0.3, 0.4) is 0 Å². The van der Waals surface area contributed by atoms with Crippen molar-refractivity contribution in [3.8, 4) is 5.75 Å². The molecular formula is C21H28NO2P. The quantitative estimate of drug-likeness (QED) is 0.413. The lowest BCUT2D eigenvalue weighted by Gasteiger charge is -2.29. The van der Waals surface area contributed by atoms with Crippen molar-refractivity contribution in [2.24, 2.45) is 4.99 Å². The second kappa shape index (κ2) is 8.60. The van der Waals surface area contributed by atoms with Gasteiger partial charge >= 0.3 is 0 Å². The molecule has 1 unspecified atom stereocenters. The van der Waals surface area contributed by atoms with Gasteiger partial charge in [0.05, 0.1) is 0 Å². The summed E-state index contributed by atoms with van der Waals surface area (Å²) >= 11 is 0. The minimum atomic E-state index is -0.0549. The molecule has 1 atom stereocenters. The maximum absolute atomic E-state index is 5.89. The van der Waals surface area contributed by atoms with Crippen LogP contribution in [-0.4, -0.2) is 27.2 Å². The molecule has 0 heterocycles. The largest absolute Gasteiger partial charge is 0.467 e. The van der Waals surface area contributed by atoms with E-state index in [0.717, 1.165) is 11.3 Å². The van der Waals surface area contributed by atoms with Crippen LogP contribution in [0.15, 0.2) is 41.4 Å². The van der Waals surface area contributed by atoms with Crippen LogP contribution in [0.5, 0.6) is 5.75 Å². The summed E-state index contributed by atoms with van der Waals surface area (Å²) in [5, 5.41) is 1.26. The van der Waals surface area contributed by atoms with E-state index >= 15 is 0 Å². The number of methoxy groups -OCH3 is 1. The highest BCUT2D eigenvalue weighted by Crippen LogP contribution is 2.45. The van der Waals surface area contributed by atoms with Gasteiger partial charge in [-0.05, 0) is 36.3 Å². The number of nitrogens with zero attached hydrogens (tertiary/aromatic N) is 1. The van der Waals surface area contributed by atoms with E-state index < -0.39 is 0 Å². The SMILES string of the molecule is CN=Cc1cc(C)ccc1PC(C)(C)c1cccc(C)c1OCOC. The van der Waals surface area contributed by atoms with E-state index in [0.29, 0.717) is 8.58 Å². The van der Waals surface area contributed by atoms with Gasteiger partial charge in [0.15, 0.2) is 6.79 Å². The van der Waals surface area contributed by atoms with E-state index in [-0.39, 0.29) is 11.9 Å². The Morgan fingerprint density at radius 3 is 2.60 bits per heavy atom. The van der Waals surface area contributed by atoms with Crippen molar-refractivity contribution < 1.29 is 9.47 Å². The Morgan fingerprint density at radius 2 is 1.92 bits per heavy atom. The fourth-order valence-electron chi connectivity index (χ4n) is 2.90. The highest BCUT2D eigenvalue weighted by atomic mass is 31.1. The molecule has 0 radical (unpaired) electrons. The van der Waals surface area contributed by atoms with Crippen LogP contribution in [0.2, 0.25) is 0 Å². The number of rotatable bonds is 7. The Kier molecular flexibility index (Phi) is 6.75. The van der Waals surface area contributed by atoms with Crippen LogP contribution in [0.1, 0.15) is 36.1 Å². The number of para-hydroxylation sites is 1. The van der Waals surface area contributed by atoms with Gasteiger partial charge in [0.2, 0.25) is 0 Å². The molecule has 0 saturated heterocycles. The van der Waals surface area contributed by atoms with Crippen molar-refractivity contribution in [2.45, 2.75) is 32.9 Å². The first-order valence-corrected chi connectivity index (χ1v) is 9.42. The smallest absolute Gasteiger partial charge is 0.188 e. The molecule has 2 rings (SSSR count). The third-order valence-electron chi connectivity index (χ3n) is 4.13. The second-order valence-corrected chi connectivity index (χ2v) is 8.77. The number of aliphatic imine (C=N–C) groups is 1. The molecule has 0 aliphatic carbocycles. The second-order valence-electron chi connectivity index (χ2n) is 6.73. The standard InChI is InChI=1S/C21H28NO2P/c1-15-10-11-19(17(12-15)13-22-5)25-21(3,4)18-9-7-8-16(2)20(18)24-14-23-6/h7-13,25H,14H2,1-6H3. The van der Waals surface area contributed by atoms with Gasteiger partial charge in [0, 0.05) is 31.1 Å². The Balaban J connectivity index is 2.42. The highest BCUT2D eigenvalue weighted by Gasteiger charge is 2.26. The van der Waals surface area contributed by atoms with E-state index in [1.54, 1.807) is 7.11 Å². The average molecular weight is 357 g/mol. The van der Waals surface area contributed by atoms with Gasteiger partial charge in [-0.1, -0.05) is 58.3 Å². The van der Waals surface area contributed by atoms with Gasteiger partial charge in [-0.15, -0.1) is 0 Å². The fourth-order valence-corrected chi connectivity index (χ4v) is 4.35. The minimum absolute atomic E-state index is 0.0549. The lowest BCUT2D eigenvalue weighted by atomic mass is 9.98. The molecule has 0 bridgehead atoms. The summed E-state index contributed by atoms with van der Waals surface area (Å²) < 4.78 is 11.0. The Bertz CT molecular complexity index is 754. The number of ether oxygens (including phenoxy) is 2. The summed E-state index contributed by atoms with van der Waals surface area (Å²) in [7, 11) is 4.06. The van der Waals surface area contributed by atoms with Gasteiger partial charge in [-0.3, -0.25) is 4.99 Å². The van der Waals surface area contributed by atoms with Crippen molar-refractivity contribution in [1.29, 1.82) is 0 Å². The van der Waals surface area contributed by atoms with Crippen molar-refractivity contribution >= 4 is 20.1 Å². The Labute approximate surface area is 153 Å². The summed E-state index contributed by atoms with van der Waals surface area (Å²) in [6, 6.07) is 12.9. The normalized spacial score (nSPS) is 12.4. The highest BCUT2D eigenvalue weighted by molar-refractivity contribution is 7.48. The topological polar surface area (TPSA) is 30.8 Å². The molecule has 0 aliphatic rings. The first-order chi connectivity index (χ1) is 11.9. The molecule has 134 valence electrons. The lowest BCUT2D eigenvalue weighted by Crippen LogP contribution is -2.19. The number of hydrogen-bond donors (Lipinski definition) is 0. The maximum atomic E-state index is 5.89. The van der Waals surface area contributed by atoms with Crippen LogP contribution < -0.4 is 10.0 Å². The average Bonchev–Trinajstić information content (AvgIpc) is 2.56. The Morgan fingerprint density at radius 1 is 1.16 bits per heavy atom. The first-order valence-electron chi connectivity index (χ1n) is 8.42. The zero-order valence-electron chi connectivity index (χ0n) is 16.0. The summed E-state index contributed by atoms with van der Waals surface area (Å²) in [5.74, 6) is 0.930. The fraction of sp³-hybridized carbons (Fsp3) is 0.381. The predicted octanol–water partition coefficient (Wildman–Crippen LogP) is 4.57. The Hall–Kier alpha value is -1.70. The molecule has 0 aromatic heterocycles. The molecule has 0 saturated carbocycles. The molecule has 2 aromatic carbocycles. The van der Waals surface area contributed by atoms with E-state index in [2.05, 4.69) is 69.1 Å². The maximum Gasteiger partial charge on any atom is 0.188 e. The third-order valence-corrected chi connectivity index (χ3v) is 5.75. The molecule has 0 spiro atoms. The van der Waals surface area contributed by atoms with Gasteiger partial charge in [0.25, 0.3) is 0 Å². The molecule has 3 nitrogen and oxygen atoms in total. The van der Waals surface area contributed by atoms with Crippen LogP contribution in [0.25, 0.3) is 0 Å². The first kappa shape index (κ1) is 19.6. The van der Waals surface area contributed by atoms with Crippen LogP contribution in [-0.2, 0) is 9.89 Å². The van der Waals surface area contributed by atoms with Crippen molar-refractivity contribution in [3.63, 3.8) is 0 Å². The monoisotopic (exact) mass is 357 g/mol. The van der Waals surface area contributed by atoms with Crippen LogP contribution in [0, 0.1) is 13.8 Å². The third kappa shape index (κ3) is 4.90. The van der Waals surface area contributed by atoms with Crippen LogP contribution >= 0.6 is 8.58 Å². The van der Waals surface area contributed by atoms with Crippen molar-refractivity contribution in [2.75, 3.05) is 21.0 Å². The molecular weight excluding hydrogens is 329 g/mol. The van der Waals surface area contributed by atoms with Crippen LogP contribution in [0.4, 0.5) is 0 Å². The summed E-state index contributed by atoms with van der Waals surface area (Å²) in [4.78, 5) is 4.22. The lowest BCUT2D eigenvalue weighted by molar-refractivity contribution is 0.0496.